The highest BCUT2D eigenvalue weighted by molar-refractivity contribution is 7.92. The van der Waals surface area contributed by atoms with E-state index in [1.54, 1.807) is 6.07 Å². The lowest BCUT2D eigenvalue weighted by molar-refractivity contribution is 0.0845. The van der Waals surface area contributed by atoms with E-state index in [4.69, 9.17) is 10.5 Å². The first-order valence-corrected chi connectivity index (χ1v) is 13.6. The molecule has 0 atom stereocenters. The van der Waals surface area contributed by atoms with Gasteiger partial charge < -0.3 is 20.4 Å². The van der Waals surface area contributed by atoms with Crippen LogP contribution in [0, 0.1) is 20.8 Å². The predicted molar refractivity (Wildman–Crippen MR) is 142 cm³/mol. The van der Waals surface area contributed by atoms with Crippen molar-refractivity contribution in [3.05, 3.63) is 73.5 Å². The molecule has 1 fully saturated rings. The number of H-pyrrole nitrogens is 1. The largest absolute Gasteiger partial charge is 0.381 e. The molecule has 0 radical (unpaired) electrons. The Hall–Kier alpha value is -2.95. The van der Waals surface area contributed by atoms with Crippen LogP contribution < -0.4 is 20.9 Å². The third-order valence-corrected chi connectivity index (χ3v) is 7.79. The van der Waals surface area contributed by atoms with Gasteiger partial charge in [-0.05, 0) is 74.9 Å². The average Bonchev–Trinajstić information content (AvgIpc) is 2.83. The van der Waals surface area contributed by atoms with Gasteiger partial charge in [0.15, 0.2) is 0 Å². The third kappa shape index (κ3) is 6.05. The van der Waals surface area contributed by atoms with Gasteiger partial charge in [-0.1, -0.05) is 6.58 Å². The van der Waals surface area contributed by atoms with E-state index in [1.165, 1.54) is 0 Å². The van der Waals surface area contributed by atoms with Gasteiger partial charge in [-0.15, -0.1) is 0 Å². The number of aromatic amines is 1. The Balaban J connectivity index is 2.30. The number of carbonyl (C=O) groups is 1. The zero-order valence-electron chi connectivity index (χ0n) is 21.4. The minimum absolute atomic E-state index is 0.0780. The fraction of sp³-hybridized carbons (Fsp3) is 0.462. The first-order valence-electron chi connectivity index (χ1n) is 12.1. The number of nitrogens with two attached hydrogens (primary N) is 1. The fourth-order valence-corrected chi connectivity index (χ4v) is 5.46. The second kappa shape index (κ2) is 11.4. The standard InChI is InChI=1S/C26H36N4O5S/c1-6-30(20-8-10-35-11-9-20)24-18(5)22(25(27)31)13-19(15-28-36(33,34)7-2)23(24)14-21-16(3)12-17(4)29-26(21)32/h7,12-13,20,28H,2,6,8-11,14-15H2,1,3-5H3,(H2,27,31)(H,29,32). The number of nitrogens with zero attached hydrogens (tertiary/aromatic N) is 1. The zero-order chi connectivity index (χ0) is 26.6. The van der Waals surface area contributed by atoms with Gasteiger partial charge >= 0.3 is 0 Å². The number of pyridine rings is 1. The van der Waals surface area contributed by atoms with Crippen molar-refractivity contribution in [3.8, 4) is 0 Å². The lowest BCUT2D eigenvalue weighted by Gasteiger charge is -2.38. The van der Waals surface area contributed by atoms with Crippen LogP contribution in [0.15, 0.2) is 28.9 Å². The molecule has 1 aliphatic rings. The zero-order valence-corrected chi connectivity index (χ0v) is 22.3. The molecule has 2 heterocycles. The van der Waals surface area contributed by atoms with Crippen LogP contribution in [0.4, 0.5) is 5.69 Å². The van der Waals surface area contributed by atoms with Gasteiger partial charge in [0.2, 0.25) is 15.9 Å². The summed E-state index contributed by atoms with van der Waals surface area (Å²) < 4.78 is 32.5. The van der Waals surface area contributed by atoms with Gasteiger partial charge in [0, 0.05) is 66.7 Å². The molecule has 2 aromatic rings. The number of ether oxygens (including phenoxy) is 1. The Kier molecular flexibility index (Phi) is 8.76. The summed E-state index contributed by atoms with van der Waals surface area (Å²) in [5.41, 5.74) is 11.0. The second-order valence-corrected chi connectivity index (χ2v) is 10.9. The van der Waals surface area contributed by atoms with E-state index < -0.39 is 15.9 Å². The molecule has 3 rings (SSSR count). The number of benzene rings is 1. The number of nitrogens with one attached hydrogen (secondary N) is 2. The molecule has 0 unspecified atom stereocenters. The first-order chi connectivity index (χ1) is 17.0. The molecule has 10 heteroatoms. The quantitative estimate of drug-likeness (QED) is 0.444. The van der Waals surface area contributed by atoms with Crippen molar-refractivity contribution in [2.75, 3.05) is 24.7 Å². The maximum absolute atomic E-state index is 13.0. The fourth-order valence-electron chi connectivity index (χ4n) is 4.99. The summed E-state index contributed by atoms with van der Waals surface area (Å²) in [6.45, 7) is 12.8. The summed E-state index contributed by atoms with van der Waals surface area (Å²) in [6.07, 6.45) is 1.90. The van der Waals surface area contributed by atoms with Crippen LogP contribution >= 0.6 is 0 Å². The number of carbonyl (C=O) groups excluding carboxylic acids is 1. The van der Waals surface area contributed by atoms with E-state index in [1.807, 2.05) is 33.8 Å². The Morgan fingerprint density at radius 2 is 1.92 bits per heavy atom. The molecule has 0 bridgehead atoms. The maximum atomic E-state index is 13.0. The lowest BCUT2D eigenvalue weighted by Crippen LogP contribution is -2.41. The minimum Gasteiger partial charge on any atom is -0.381 e. The molecule has 1 aromatic heterocycles. The van der Waals surface area contributed by atoms with Crippen molar-refractivity contribution in [1.29, 1.82) is 0 Å². The van der Waals surface area contributed by atoms with E-state index in [0.717, 1.165) is 40.8 Å². The lowest BCUT2D eigenvalue weighted by atomic mass is 9.89. The van der Waals surface area contributed by atoms with E-state index in [9.17, 15) is 18.0 Å². The van der Waals surface area contributed by atoms with Gasteiger partial charge in [-0.25, -0.2) is 13.1 Å². The predicted octanol–water partition coefficient (Wildman–Crippen LogP) is 2.56. The molecule has 1 aromatic carbocycles. The number of sulfonamides is 1. The molecule has 0 aliphatic carbocycles. The highest BCUT2D eigenvalue weighted by atomic mass is 32.2. The normalized spacial score (nSPS) is 14.6. The van der Waals surface area contributed by atoms with E-state index >= 15 is 0 Å². The van der Waals surface area contributed by atoms with Crippen LogP contribution in [0.3, 0.4) is 0 Å². The van der Waals surface area contributed by atoms with Crippen LogP contribution in [-0.4, -0.2) is 45.1 Å². The van der Waals surface area contributed by atoms with Gasteiger partial charge in [-0.2, -0.15) is 0 Å². The Labute approximate surface area is 212 Å². The molecular formula is C26H36N4O5S. The topological polar surface area (TPSA) is 135 Å². The monoisotopic (exact) mass is 516 g/mol. The number of amides is 1. The number of primary amides is 1. The van der Waals surface area contributed by atoms with Crippen LogP contribution in [0.5, 0.6) is 0 Å². The number of aromatic nitrogens is 1. The smallest absolute Gasteiger partial charge is 0.251 e. The molecule has 0 saturated carbocycles. The highest BCUT2D eigenvalue weighted by Crippen LogP contribution is 2.36. The van der Waals surface area contributed by atoms with E-state index in [-0.39, 0.29) is 24.6 Å². The molecule has 1 aliphatic heterocycles. The SMILES string of the molecule is C=CS(=O)(=O)NCc1cc(C(N)=O)c(C)c(N(CC)C2CCOCC2)c1Cc1c(C)cc(C)[nH]c1=O. The van der Waals surface area contributed by atoms with Crippen molar-refractivity contribution in [2.24, 2.45) is 5.73 Å². The Morgan fingerprint density at radius 3 is 2.47 bits per heavy atom. The number of rotatable bonds is 10. The van der Waals surface area contributed by atoms with Crippen LogP contribution in [0.25, 0.3) is 0 Å². The molecule has 1 saturated heterocycles. The molecular weight excluding hydrogens is 480 g/mol. The number of hydrogen-bond donors (Lipinski definition) is 3. The first kappa shape index (κ1) is 27.6. The van der Waals surface area contributed by atoms with Crippen LogP contribution in [-0.2, 0) is 27.7 Å². The maximum Gasteiger partial charge on any atom is 0.251 e. The van der Waals surface area contributed by atoms with Gasteiger partial charge in [-0.3, -0.25) is 9.59 Å². The Bertz CT molecular complexity index is 1310. The number of anilines is 1. The van der Waals surface area contributed by atoms with Gasteiger partial charge in [0.25, 0.3) is 5.56 Å². The van der Waals surface area contributed by atoms with Crippen molar-refractivity contribution in [2.45, 2.75) is 59.5 Å². The van der Waals surface area contributed by atoms with E-state index in [2.05, 4.69) is 21.2 Å². The molecule has 9 nitrogen and oxygen atoms in total. The summed E-state index contributed by atoms with van der Waals surface area (Å²) in [4.78, 5) is 30.5. The third-order valence-electron chi connectivity index (χ3n) is 6.81. The Morgan fingerprint density at radius 1 is 1.25 bits per heavy atom. The number of aryl methyl sites for hydroxylation is 2. The summed E-state index contributed by atoms with van der Waals surface area (Å²) in [5, 5.41) is 0.839. The van der Waals surface area contributed by atoms with Crippen molar-refractivity contribution in [1.82, 2.24) is 9.71 Å². The molecule has 36 heavy (non-hydrogen) atoms. The van der Waals surface area contributed by atoms with Crippen LogP contribution in [0.1, 0.15) is 63.6 Å². The molecule has 0 spiro atoms. The average molecular weight is 517 g/mol. The minimum atomic E-state index is -3.73. The van der Waals surface area contributed by atoms with Crippen molar-refractivity contribution >= 4 is 21.6 Å². The van der Waals surface area contributed by atoms with Gasteiger partial charge in [0.1, 0.15) is 0 Å². The van der Waals surface area contributed by atoms with Crippen LogP contribution in [0.2, 0.25) is 0 Å². The number of hydrogen-bond acceptors (Lipinski definition) is 6. The van der Waals surface area contributed by atoms with Crippen molar-refractivity contribution < 1.29 is 17.9 Å². The summed E-state index contributed by atoms with van der Waals surface area (Å²) >= 11 is 0. The molecule has 196 valence electrons. The summed E-state index contributed by atoms with van der Waals surface area (Å²) in [7, 11) is -3.73. The molecule has 1 amide bonds. The van der Waals surface area contributed by atoms with Crippen molar-refractivity contribution in [3.63, 3.8) is 0 Å². The summed E-state index contributed by atoms with van der Waals surface area (Å²) in [5.74, 6) is -0.597. The van der Waals surface area contributed by atoms with E-state index in [0.29, 0.717) is 42.0 Å². The second-order valence-electron chi connectivity index (χ2n) is 9.18. The van der Waals surface area contributed by atoms with Gasteiger partial charge in [0.05, 0.1) is 0 Å². The molecule has 4 N–H and O–H groups in total. The highest BCUT2D eigenvalue weighted by Gasteiger charge is 2.28. The summed E-state index contributed by atoms with van der Waals surface area (Å²) in [6, 6.07) is 3.72.